The van der Waals surface area contributed by atoms with E-state index in [2.05, 4.69) is 11.9 Å². The molecule has 124 valence electrons. The lowest BCUT2D eigenvalue weighted by atomic mass is 10.1. The number of ether oxygens (including phenoxy) is 1. The number of nitrogens with one attached hydrogen (secondary N) is 1. The minimum absolute atomic E-state index is 0.0574. The second-order valence-corrected chi connectivity index (χ2v) is 4.72. The second kappa shape index (κ2) is 7.23. The molecular weight excluding hydrogens is 316 g/mol. The maximum absolute atomic E-state index is 12.3. The van der Waals surface area contributed by atoms with Crippen LogP contribution in [0.1, 0.15) is 5.56 Å². The monoisotopic (exact) mass is 329 g/mol. The smallest absolute Gasteiger partial charge is 0.331 e. The number of imide groups is 2. The van der Waals surface area contributed by atoms with E-state index in [-0.39, 0.29) is 17.9 Å². The van der Waals surface area contributed by atoms with E-state index in [9.17, 15) is 24.3 Å². The van der Waals surface area contributed by atoms with E-state index in [1.807, 2.05) is 0 Å². The Morgan fingerprint density at radius 1 is 1.29 bits per heavy atom. The summed E-state index contributed by atoms with van der Waals surface area (Å²) in [6.45, 7) is 2.71. The van der Waals surface area contributed by atoms with Crippen molar-refractivity contribution < 1.29 is 29.0 Å². The first kappa shape index (κ1) is 16.9. The van der Waals surface area contributed by atoms with Gasteiger partial charge in [0.2, 0.25) is 0 Å². The van der Waals surface area contributed by atoms with Crippen LogP contribution in [0.4, 0.5) is 4.79 Å². The highest BCUT2D eigenvalue weighted by molar-refractivity contribution is 6.31. The van der Waals surface area contributed by atoms with Crippen LogP contribution in [-0.4, -0.2) is 41.9 Å². The number of hydrogen-bond donors (Lipinski definition) is 1. The number of carboxylic acids is 1. The molecule has 24 heavy (non-hydrogen) atoms. The topological polar surface area (TPSA) is 116 Å². The van der Waals surface area contributed by atoms with E-state index in [1.165, 1.54) is 24.3 Å². The molecule has 4 amide bonds. The quantitative estimate of drug-likeness (QED) is 0.426. The average molecular weight is 329 g/mol. The predicted octanol–water partition coefficient (Wildman–Crippen LogP) is -0.537. The molecule has 2 rings (SSSR count). The van der Waals surface area contributed by atoms with E-state index in [0.29, 0.717) is 5.56 Å². The molecule has 8 heteroatoms. The van der Waals surface area contributed by atoms with Crippen molar-refractivity contribution in [1.82, 2.24) is 10.2 Å². The number of benzene rings is 1. The fourth-order valence-corrected chi connectivity index (χ4v) is 2.01. The van der Waals surface area contributed by atoms with Gasteiger partial charge in [0.1, 0.15) is 17.9 Å². The molecule has 0 unspecified atom stereocenters. The molecule has 0 saturated carbocycles. The molecule has 0 aliphatic carbocycles. The van der Waals surface area contributed by atoms with Crippen molar-refractivity contribution in [1.29, 1.82) is 0 Å². The Bertz CT molecular complexity index is 753. The highest BCUT2D eigenvalue weighted by atomic mass is 16.5. The number of carbonyl (C=O) groups is 4. The van der Waals surface area contributed by atoms with Gasteiger partial charge < -0.3 is 14.6 Å². The standard InChI is InChI=1S/C16H14N2O6/c1-2-7-18-15(22)11(14(21)17-16(18)23)8-10-5-3-4-6-12(10)24-9-13(19)20/h2-6,8H,1,7,9H2,(H,19,20)(H,17,21,23)/p-1/b11-8+. The first-order valence-corrected chi connectivity index (χ1v) is 6.85. The Kier molecular flexibility index (Phi) is 5.10. The van der Waals surface area contributed by atoms with Gasteiger partial charge in [-0.2, -0.15) is 0 Å². The number of nitrogens with zero attached hydrogens (tertiary/aromatic N) is 1. The van der Waals surface area contributed by atoms with E-state index >= 15 is 0 Å². The molecule has 1 N–H and O–H groups in total. The maximum atomic E-state index is 12.3. The zero-order chi connectivity index (χ0) is 17.7. The molecule has 1 saturated heterocycles. The molecule has 1 aliphatic rings. The molecule has 0 aromatic heterocycles. The first-order valence-electron chi connectivity index (χ1n) is 6.85. The van der Waals surface area contributed by atoms with E-state index in [1.54, 1.807) is 12.1 Å². The van der Waals surface area contributed by atoms with Crippen molar-refractivity contribution in [2.75, 3.05) is 13.2 Å². The second-order valence-electron chi connectivity index (χ2n) is 4.72. The van der Waals surface area contributed by atoms with Gasteiger partial charge in [-0.1, -0.05) is 24.3 Å². The van der Waals surface area contributed by atoms with Gasteiger partial charge in [-0.05, 0) is 12.1 Å². The summed E-state index contributed by atoms with van der Waals surface area (Å²) in [4.78, 5) is 47.2. The minimum atomic E-state index is -1.41. The summed E-state index contributed by atoms with van der Waals surface area (Å²) in [5.74, 6) is -2.88. The Hall–Kier alpha value is -3.42. The third-order valence-corrected chi connectivity index (χ3v) is 3.06. The van der Waals surface area contributed by atoms with Crippen molar-refractivity contribution in [2.45, 2.75) is 0 Å². The van der Waals surface area contributed by atoms with Crippen LogP contribution in [0.15, 0.2) is 42.5 Å². The minimum Gasteiger partial charge on any atom is -0.546 e. The number of para-hydroxylation sites is 1. The molecule has 1 heterocycles. The van der Waals surface area contributed by atoms with Crippen molar-refractivity contribution in [3.05, 3.63) is 48.1 Å². The van der Waals surface area contributed by atoms with E-state index in [4.69, 9.17) is 4.74 Å². The summed E-state index contributed by atoms with van der Waals surface area (Å²) in [5.41, 5.74) is 0.0334. The number of amides is 4. The van der Waals surface area contributed by atoms with Crippen molar-refractivity contribution >= 4 is 29.9 Å². The van der Waals surface area contributed by atoms with Gasteiger partial charge in [-0.3, -0.25) is 19.8 Å². The van der Waals surface area contributed by atoms with Gasteiger partial charge in [0.25, 0.3) is 11.8 Å². The van der Waals surface area contributed by atoms with Gasteiger partial charge in [0.15, 0.2) is 0 Å². The predicted molar refractivity (Wildman–Crippen MR) is 80.4 cm³/mol. The molecule has 0 bridgehead atoms. The Balaban J connectivity index is 2.37. The van der Waals surface area contributed by atoms with Crippen molar-refractivity contribution in [2.24, 2.45) is 0 Å². The molecule has 1 aliphatic heterocycles. The van der Waals surface area contributed by atoms with Gasteiger partial charge >= 0.3 is 6.03 Å². The summed E-state index contributed by atoms with van der Waals surface area (Å²) in [6.07, 6.45) is 2.58. The van der Waals surface area contributed by atoms with Crippen LogP contribution in [0.2, 0.25) is 0 Å². The molecule has 1 aromatic carbocycles. The summed E-state index contributed by atoms with van der Waals surface area (Å²) < 4.78 is 5.06. The Morgan fingerprint density at radius 3 is 2.67 bits per heavy atom. The normalized spacial score (nSPS) is 16.1. The van der Waals surface area contributed by atoms with E-state index in [0.717, 1.165) is 4.90 Å². The van der Waals surface area contributed by atoms with Crippen LogP contribution in [0.5, 0.6) is 5.75 Å². The Morgan fingerprint density at radius 2 is 2.00 bits per heavy atom. The molecule has 1 fully saturated rings. The summed E-state index contributed by atoms with van der Waals surface area (Å²) in [5, 5.41) is 12.6. The Labute approximate surface area is 137 Å². The number of barbiturate groups is 1. The first-order chi connectivity index (χ1) is 11.4. The van der Waals surface area contributed by atoms with Crippen LogP contribution in [-0.2, 0) is 14.4 Å². The van der Waals surface area contributed by atoms with Crippen molar-refractivity contribution in [3.8, 4) is 5.75 Å². The lowest BCUT2D eigenvalue weighted by Gasteiger charge is -2.25. The molecular formula is C16H13N2O6-. The molecule has 8 nitrogen and oxygen atoms in total. The third kappa shape index (κ3) is 3.67. The number of urea groups is 1. The van der Waals surface area contributed by atoms with Crippen LogP contribution in [0, 0.1) is 0 Å². The van der Waals surface area contributed by atoms with Crippen LogP contribution < -0.4 is 15.2 Å². The van der Waals surface area contributed by atoms with Gasteiger partial charge in [0.05, 0.1) is 5.97 Å². The highest BCUT2D eigenvalue weighted by Crippen LogP contribution is 2.22. The lowest BCUT2D eigenvalue weighted by molar-refractivity contribution is -0.307. The van der Waals surface area contributed by atoms with Crippen LogP contribution >= 0.6 is 0 Å². The maximum Gasteiger partial charge on any atom is 0.331 e. The largest absolute Gasteiger partial charge is 0.546 e. The zero-order valence-corrected chi connectivity index (χ0v) is 12.5. The number of carboxylic acid groups (broad SMARTS) is 1. The van der Waals surface area contributed by atoms with E-state index < -0.39 is 30.4 Å². The zero-order valence-electron chi connectivity index (χ0n) is 12.5. The number of rotatable bonds is 6. The fraction of sp³-hybridized carbons (Fsp3) is 0.125. The average Bonchev–Trinajstić information content (AvgIpc) is 2.54. The summed E-state index contributed by atoms with van der Waals surface area (Å²) in [7, 11) is 0. The number of hydrogen-bond acceptors (Lipinski definition) is 6. The molecule has 1 aromatic rings. The summed E-state index contributed by atoms with van der Waals surface area (Å²) >= 11 is 0. The molecule has 0 spiro atoms. The fourth-order valence-electron chi connectivity index (χ4n) is 2.01. The summed E-state index contributed by atoms with van der Waals surface area (Å²) in [6, 6.07) is 5.40. The SMILES string of the molecule is C=CCN1C(=O)NC(=O)/C(=C\c2ccccc2OCC(=O)[O-])C1=O. The van der Waals surface area contributed by atoms with Crippen molar-refractivity contribution in [3.63, 3.8) is 0 Å². The van der Waals surface area contributed by atoms with Crippen LogP contribution in [0.25, 0.3) is 6.08 Å². The molecule has 0 radical (unpaired) electrons. The highest BCUT2D eigenvalue weighted by Gasteiger charge is 2.35. The third-order valence-electron chi connectivity index (χ3n) is 3.06. The lowest BCUT2D eigenvalue weighted by Crippen LogP contribution is -2.54. The number of carbonyl (C=O) groups excluding carboxylic acids is 4. The van der Waals surface area contributed by atoms with Gasteiger partial charge in [-0.15, -0.1) is 6.58 Å². The van der Waals surface area contributed by atoms with Crippen LogP contribution in [0.3, 0.4) is 0 Å². The van der Waals surface area contributed by atoms with Gasteiger partial charge in [0, 0.05) is 12.1 Å². The van der Waals surface area contributed by atoms with Gasteiger partial charge in [-0.25, -0.2) is 4.79 Å². The molecule has 0 atom stereocenters. The number of aliphatic carboxylic acids is 1.